The van der Waals surface area contributed by atoms with E-state index in [4.69, 9.17) is 11.6 Å². The van der Waals surface area contributed by atoms with Crippen LogP contribution in [0.2, 0.25) is 5.02 Å². The quantitative estimate of drug-likeness (QED) is 0.725. The Hall–Kier alpha value is -0.200. The molecule has 140 valence electrons. The van der Waals surface area contributed by atoms with Crippen LogP contribution in [0.5, 0.6) is 0 Å². The Morgan fingerprint density at radius 3 is 2.08 bits per heavy atom. The van der Waals surface area contributed by atoms with Crippen molar-refractivity contribution >= 4 is 36.4 Å². The number of rotatable bonds is 2. The standard InChI is InChI=1S/C16H22ClF3N2.2ClH/c1-15(2,3)14(22-8-6-21-7-9-22)12-10-11(16(18,19)20)4-5-13(12)17;;/h4-5,10,14,21H,6-9H2,1-3H3;2*1H/t14-;;/m1../s1. The van der Waals surface area contributed by atoms with E-state index in [-0.39, 0.29) is 36.3 Å². The molecule has 1 aliphatic rings. The molecule has 0 spiro atoms. The van der Waals surface area contributed by atoms with Crippen LogP contribution in [0, 0.1) is 5.41 Å². The van der Waals surface area contributed by atoms with Gasteiger partial charge in [0.05, 0.1) is 5.56 Å². The van der Waals surface area contributed by atoms with Gasteiger partial charge in [0, 0.05) is 37.2 Å². The SMILES string of the molecule is CC(C)(C)[C@@H](c1cc(C(F)(F)F)ccc1Cl)N1CCNCC1.Cl.Cl. The Balaban J connectivity index is 0.00000264. The van der Waals surface area contributed by atoms with Crippen LogP contribution in [0.1, 0.15) is 37.9 Å². The highest BCUT2D eigenvalue weighted by molar-refractivity contribution is 6.31. The van der Waals surface area contributed by atoms with E-state index < -0.39 is 11.7 Å². The van der Waals surface area contributed by atoms with Crippen LogP contribution in [-0.4, -0.2) is 31.1 Å². The van der Waals surface area contributed by atoms with E-state index in [1.807, 2.05) is 20.8 Å². The summed E-state index contributed by atoms with van der Waals surface area (Å²) in [5.41, 5.74) is -0.298. The van der Waals surface area contributed by atoms with Gasteiger partial charge in [-0.3, -0.25) is 4.90 Å². The van der Waals surface area contributed by atoms with Crippen molar-refractivity contribution in [3.8, 4) is 0 Å². The van der Waals surface area contributed by atoms with E-state index in [0.29, 0.717) is 10.6 Å². The Morgan fingerprint density at radius 2 is 1.62 bits per heavy atom. The maximum Gasteiger partial charge on any atom is 0.416 e. The van der Waals surface area contributed by atoms with Crippen LogP contribution < -0.4 is 5.32 Å². The molecule has 8 heteroatoms. The summed E-state index contributed by atoms with van der Waals surface area (Å²) >= 11 is 6.26. The van der Waals surface area contributed by atoms with Crippen molar-refractivity contribution in [3.05, 3.63) is 34.3 Å². The number of hydrogen-bond donors (Lipinski definition) is 1. The highest BCUT2D eigenvalue weighted by Crippen LogP contribution is 2.43. The van der Waals surface area contributed by atoms with E-state index in [1.54, 1.807) is 0 Å². The monoisotopic (exact) mass is 406 g/mol. The molecule has 1 saturated heterocycles. The molecule has 2 nitrogen and oxygen atoms in total. The summed E-state index contributed by atoms with van der Waals surface area (Å²) in [5, 5.41) is 3.66. The number of halogens is 6. The molecule has 0 aromatic heterocycles. The number of hydrogen-bond acceptors (Lipinski definition) is 2. The Labute approximate surface area is 158 Å². The van der Waals surface area contributed by atoms with Gasteiger partial charge in [-0.15, -0.1) is 24.8 Å². The van der Waals surface area contributed by atoms with Gasteiger partial charge in [0.15, 0.2) is 0 Å². The lowest BCUT2D eigenvalue weighted by Gasteiger charge is -2.43. The molecule has 1 aliphatic heterocycles. The topological polar surface area (TPSA) is 15.3 Å². The molecule has 0 radical (unpaired) electrons. The summed E-state index contributed by atoms with van der Waals surface area (Å²) in [5.74, 6) is 0. The van der Waals surface area contributed by atoms with Crippen molar-refractivity contribution in [1.82, 2.24) is 10.2 Å². The molecule has 0 saturated carbocycles. The zero-order valence-corrected chi connectivity index (χ0v) is 16.3. The number of alkyl halides is 3. The Kier molecular flexibility index (Phi) is 8.87. The summed E-state index contributed by atoms with van der Waals surface area (Å²) in [4.78, 5) is 2.22. The second kappa shape index (κ2) is 8.95. The summed E-state index contributed by atoms with van der Waals surface area (Å²) < 4.78 is 39.1. The normalized spacial score (nSPS) is 17.6. The molecule has 2 rings (SSSR count). The zero-order chi connectivity index (χ0) is 16.5. The second-order valence-electron chi connectivity index (χ2n) is 6.79. The summed E-state index contributed by atoms with van der Waals surface area (Å²) in [6.45, 7) is 9.39. The van der Waals surface area contributed by atoms with Gasteiger partial charge in [-0.2, -0.15) is 13.2 Å². The fourth-order valence-electron chi connectivity index (χ4n) is 3.08. The van der Waals surface area contributed by atoms with Gasteiger partial charge in [0.1, 0.15) is 0 Å². The summed E-state index contributed by atoms with van der Waals surface area (Å²) in [7, 11) is 0. The lowest BCUT2D eigenvalue weighted by Crippen LogP contribution is -2.48. The Bertz CT molecular complexity index is 524. The minimum Gasteiger partial charge on any atom is -0.314 e. The van der Waals surface area contributed by atoms with E-state index in [1.165, 1.54) is 12.1 Å². The van der Waals surface area contributed by atoms with Crippen molar-refractivity contribution in [2.75, 3.05) is 26.2 Å². The molecule has 0 bridgehead atoms. The smallest absolute Gasteiger partial charge is 0.314 e. The van der Waals surface area contributed by atoms with Crippen LogP contribution in [0.25, 0.3) is 0 Å². The lowest BCUT2D eigenvalue weighted by molar-refractivity contribution is -0.137. The number of nitrogens with zero attached hydrogens (tertiary/aromatic N) is 1. The van der Waals surface area contributed by atoms with Crippen molar-refractivity contribution in [3.63, 3.8) is 0 Å². The molecule has 1 N–H and O–H groups in total. The number of piperazine rings is 1. The molecule has 1 heterocycles. The average molecular weight is 408 g/mol. The van der Waals surface area contributed by atoms with E-state index in [2.05, 4.69) is 10.2 Å². The predicted molar refractivity (Wildman–Crippen MR) is 97.6 cm³/mol. The molecular weight excluding hydrogens is 384 g/mol. The van der Waals surface area contributed by atoms with Crippen LogP contribution in [-0.2, 0) is 6.18 Å². The van der Waals surface area contributed by atoms with Gasteiger partial charge in [-0.1, -0.05) is 32.4 Å². The van der Waals surface area contributed by atoms with Crippen LogP contribution in [0.15, 0.2) is 18.2 Å². The number of nitrogens with one attached hydrogen (secondary N) is 1. The first kappa shape index (κ1) is 23.8. The van der Waals surface area contributed by atoms with Crippen LogP contribution >= 0.6 is 36.4 Å². The largest absolute Gasteiger partial charge is 0.416 e. The Morgan fingerprint density at radius 1 is 1.08 bits per heavy atom. The highest BCUT2D eigenvalue weighted by Gasteiger charge is 2.37. The maximum absolute atomic E-state index is 13.0. The van der Waals surface area contributed by atoms with Gasteiger partial charge in [-0.05, 0) is 29.2 Å². The molecular formula is C16H24Cl3F3N2. The lowest BCUT2D eigenvalue weighted by atomic mass is 9.80. The fourth-order valence-corrected chi connectivity index (χ4v) is 3.30. The zero-order valence-electron chi connectivity index (χ0n) is 13.9. The van der Waals surface area contributed by atoms with Gasteiger partial charge in [-0.25, -0.2) is 0 Å². The highest BCUT2D eigenvalue weighted by atomic mass is 35.5. The molecule has 24 heavy (non-hydrogen) atoms. The maximum atomic E-state index is 13.0. The second-order valence-corrected chi connectivity index (χ2v) is 7.20. The van der Waals surface area contributed by atoms with Crippen LogP contribution in [0.3, 0.4) is 0 Å². The van der Waals surface area contributed by atoms with E-state index in [0.717, 1.165) is 32.2 Å². The summed E-state index contributed by atoms with van der Waals surface area (Å²) in [6, 6.07) is 3.47. The van der Waals surface area contributed by atoms with E-state index >= 15 is 0 Å². The molecule has 1 fully saturated rings. The first-order valence-electron chi connectivity index (χ1n) is 7.42. The average Bonchev–Trinajstić information content (AvgIpc) is 2.39. The molecule has 0 aliphatic carbocycles. The molecule has 1 aromatic rings. The third-order valence-electron chi connectivity index (χ3n) is 3.95. The third kappa shape index (κ3) is 5.67. The fraction of sp³-hybridized carbons (Fsp3) is 0.625. The molecule has 1 atom stereocenters. The number of benzene rings is 1. The van der Waals surface area contributed by atoms with Crippen molar-refractivity contribution in [1.29, 1.82) is 0 Å². The first-order chi connectivity index (χ1) is 10.1. The van der Waals surface area contributed by atoms with Gasteiger partial charge in [0.2, 0.25) is 0 Å². The third-order valence-corrected chi connectivity index (χ3v) is 4.30. The van der Waals surface area contributed by atoms with E-state index in [9.17, 15) is 13.2 Å². The van der Waals surface area contributed by atoms with Crippen molar-refractivity contribution in [2.24, 2.45) is 5.41 Å². The summed E-state index contributed by atoms with van der Waals surface area (Å²) in [6.07, 6.45) is -4.36. The van der Waals surface area contributed by atoms with Gasteiger partial charge >= 0.3 is 6.18 Å². The van der Waals surface area contributed by atoms with Crippen molar-refractivity contribution in [2.45, 2.75) is 33.0 Å². The van der Waals surface area contributed by atoms with Crippen molar-refractivity contribution < 1.29 is 13.2 Å². The molecule has 0 unspecified atom stereocenters. The minimum atomic E-state index is -4.36. The van der Waals surface area contributed by atoms with Gasteiger partial charge in [0.25, 0.3) is 0 Å². The van der Waals surface area contributed by atoms with Gasteiger partial charge < -0.3 is 5.32 Å². The van der Waals surface area contributed by atoms with Crippen LogP contribution in [0.4, 0.5) is 13.2 Å². The predicted octanol–water partition coefficient (Wildman–Crippen LogP) is 5.19. The molecule has 1 aromatic carbocycles. The first-order valence-corrected chi connectivity index (χ1v) is 7.80. The minimum absolute atomic E-state index is 0. The molecule has 0 amide bonds.